The second-order valence-corrected chi connectivity index (χ2v) is 8.27. The van der Waals surface area contributed by atoms with Crippen LogP contribution in [-0.2, 0) is 36.8 Å². The summed E-state index contributed by atoms with van der Waals surface area (Å²) in [5, 5.41) is 16.7. The monoisotopic (exact) mass is 501 g/mol. The van der Waals surface area contributed by atoms with Crippen molar-refractivity contribution in [2.45, 2.75) is 56.8 Å². The zero-order chi connectivity index (χ0) is 26.7. The summed E-state index contributed by atoms with van der Waals surface area (Å²) < 4.78 is 0. The van der Waals surface area contributed by atoms with Gasteiger partial charge in [-0.3, -0.25) is 19.2 Å². The molecule has 194 valence electrons. The van der Waals surface area contributed by atoms with Gasteiger partial charge in [-0.05, 0) is 18.9 Å². The zero-order valence-electron chi connectivity index (χ0n) is 19.8. The third-order valence-electron chi connectivity index (χ3n) is 5.29. The molecule has 0 aliphatic heterocycles. The maximum absolute atomic E-state index is 13.0. The summed E-state index contributed by atoms with van der Waals surface area (Å²) in [6.45, 7) is 1.37. The number of carboxylic acid groups (broad SMARTS) is 1. The van der Waals surface area contributed by atoms with Crippen LogP contribution in [0, 0.1) is 0 Å². The summed E-state index contributed by atoms with van der Waals surface area (Å²) in [6, 6.07) is 4.42. The summed E-state index contributed by atoms with van der Waals surface area (Å²) in [5.74, 6) is -4.06. The second-order valence-electron chi connectivity index (χ2n) is 8.27. The summed E-state index contributed by atoms with van der Waals surface area (Å²) >= 11 is 0. The van der Waals surface area contributed by atoms with Crippen molar-refractivity contribution in [3.8, 4) is 0 Å². The molecule has 0 bridgehead atoms. The van der Waals surface area contributed by atoms with Gasteiger partial charge in [-0.1, -0.05) is 30.3 Å². The first-order chi connectivity index (χ1) is 17.1. The number of carbonyl (C=O) groups excluding carboxylic acids is 4. The van der Waals surface area contributed by atoms with Crippen molar-refractivity contribution >= 4 is 29.6 Å². The van der Waals surface area contributed by atoms with Crippen molar-refractivity contribution < 1.29 is 29.1 Å². The van der Waals surface area contributed by atoms with E-state index < -0.39 is 53.8 Å². The van der Waals surface area contributed by atoms with Crippen LogP contribution in [0.3, 0.4) is 0 Å². The normalized spacial score (nSPS) is 14.1. The van der Waals surface area contributed by atoms with Gasteiger partial charge in [0.25, 0.3) is 0 Å². The average molecular weight is 502 g/mol. The number of nitrogens with two attached hydrogens (primary N) is 2. The molecule has 2 aromatic rings. The minimum Gasteiger partial charge on any atom is -0.480 e. The van der Waals surface area contributed by atoms with Crippen LogP contribution >= 0.6 is 0 Å². The van der Waals surface area contributed by atoms with E-state index in [4.69, 9.17) is 11.5 Å². The van der Waals surface area contributed by atoms with E-state index in [0.29, 0.717) is 5.69 Å². The SMILES string of the molecule is CC(NC(=O)C(Cc1ccccc1)NC(=O)C(N)Cc1cnc[nH]1)C(=O)NC(CCC(N)=O)C(=O)O. The predicted octanol–water partition coefficient (Wildman–Crippen LogP) is -1.65. The van der Waals surface area contributed by atoms with Gasteiger partial charge in [-0.25, -0.2) is 9.78 Å². The first kappa shape index (κ1) is 28.0. The Labute approximate surface area is 207 Å². The van der Waals surface area contributed by atoms with E-state index in [1.807, 2.05) is 0 Å². The maximum atomic E-state index is 13.0. The Bertz CT molecular complexity index is 1040. The number of nitrogens with one attached hydrogen (secondary N) is 4. The van der Waals surface area contributed by atoms with Crippen LogP contribution in [0.25, 0.3) is 0 Å². The van der Waals surface area contributed by atoms with Crippen LogP contribution in [0.4, 0.5) is 0 Å². The number of imidazole rings is 1. The van der Waals surface area contributed by atoms with E-state index in [1.165, 1.54) is 19.4 Å². The van der Waals surface area contributed by atoms with Crippen molar-refractivity contribution in [2.75, 3.05) is 0 Å². The van der Waals surface area contributed by atoms with Crippen molar-refractivity contribution in [1.29, 1.82) is 0 Å². The predicted molar refractivity (Wildman–Crippen MR) is 128 cm³/mol. The number of carbonyl (C=O) groups is 5. The highest BCUT2D eigenvalue weighted by molar-refractivity contribution is 5.94. The Hall–Kier alpha value is -4.26. The lowest BCUT2D eigenvalue weighted by Crippen LogP contribution is -2.57. The molecule has 4 unspecified atom stereocenters. The van der Waals surface area contributed by atoms with Crippen LogP contribution < -0.4 is 27.4 Å². The fourth-order valence-corrected chi connectivity index (χ4v) is 3.28. The zero-order valence-corrected chi connectivity index (χ0v) is 19.8. The van der Waals surface area contributed by atoms with Crippen LogP contribution in [0.1, 0.15) is 31.0 Å². The van der Waals surface area contributed by atoms with Crippen molar-refractivity contribution in [3.05, 3.63) is 54.1 Å². The highest BCUT2D eigenvalue weighted by Gasteiger charge is 2.28. The first-order valence-corrected chi connectivity index (χ1v) is 11.3. The molecule has 36 heavy (non-hydrogen) atoms. The summed E-state index contributed by atoms with van der Waals surface area (Å²) in [6.07, 6.45) is 2.86. The highest BCUT2D eigenvalue weighted by atomic mass is 16.4. The number of amides is 4. The lowest BCUT2D eigenvalue weighted by Gasteiger charge is -2.23. The Morgan fingerprint density at radius 3 is 2.22 bits per heavy atom. The van der Waals surface area contributed by atoms with E-state index in [0.717, 1.165) is 5.56 Å². The molecule has 1 aromatic carbocycles. The Morgan fingerprint density at radius 2 is 1.64 bits per heavy atom. The number of primary amides is 1. The van der Waals surface area contributed by atoms with E-state index >= 15 is 0 Å². The highest BCUT2D eigenvalue weighted by Crippen LogP contribution is 2.06. The van der Waals surface area contributed by atoms with Crippen molar-refractivity contribution in [2.24, 2.45) is 11.5 Å². The minimum atomic E-state index is -1.36. The molecule has 0 radical (unpaired) electrons. The van der Waals surface area contributed by atoms with Gasteiger partial charge in [0.1, 0.15) is 18.1 Å². The molecule has 9 N–H and O–H groups in total. The summed E-state index contributed by atoms with van der Waals surface area (Å²) in [5.41, 5.74) is 12.4. The smallest absolute Gasteiger partial charge is 0.326 e. The Kier molecular flexibility index (Phi) is 10.6. The molecule has 0 saturated carbocycles. The van der Waals surface area contributed by atoms with Gasteiger partial charge in [-0.15, -0.1) is 0 Å². The van der Waals surface area contributed by atoms with E-state index in [-0.39, 0.29) is 25.7 Å². The molecule has 0 saturated heterocycles. The molecular formula is C23H31N7O6. The number of aromatic amines is 1. The Balaban J connectivity index is 2.06. The molecule has 0 fully saturated rings. The van der Waals surface area contributed by atoms with Gasteiger partial charge in [0.15, 0.2) is 0 Å². The lowest BCUT2D eigenvalue weighted by molar-refractivity contribution is -0.142. The van der Waals surface area contributed by atoms with E-state index in [2.05, 4.69) is 25.9 Å². The third kappa shape index (κ3) is 9.18. The molecule has 13 heteroatoms. The summed E-state index contributed by atoms with van der Waals surface area (Å²) in [4.78, 5) is 67.3. The van der Waals surface area contributed by atoms with Crippen LogP contribution in [0.15, 0.2) is 42.9 Å². The number of aliphatic carboxylic acids is 1. The Morgan fingerprint density at radius 1 is 0.972 bits per heavy atom. The van der Waals surface area contributed by atoms with E-state index in [1.54, 1.807) is 30.3 Å². The van der Waals surface area contributed by atoms with Crippen molar-refractivity contribution in [1.82, 2.24) is 25.9 Å². The largest absolute Gasteiger partial charge is 0.480 e. The first-order valence-electron chi connectivity index (χ1n) is 11.3. The molecule has 4 atom stereocenters. The van der Waals surface area contributed by atoms with E-state index in [9.17, 15) is 29.1 Å². The molecule has 0 aliphatic carbocycles. The number of carboxylic acids is 1. The molecule has 0 aliphatic rings. The molecule has 13 nitrogen and oxygen atoms in total. The maximum Gasteiger partial charge on any atom is 0.326 e. The van der Waals surface area contributed by atoms with Gasteiger partial charge >= 0.3 is 5.97 Å². The molecule has 0 spiro atoms. The molecule has 1 aromatic heterocycles. The number of rotatable bonds is 14. The number of benzene rings is 1. The van der Waals surface area contributed by atoms with Crippen LogP contribution in [-0.4, -0.2) is 68.8 Å². The van der Waals surface area contributed by atoms with Gasteiger partial charge in [0, 0.05) is 31.2 Å². The fourth-order valence-electron chi connectivity index (χ4n) is 3.28. The van der Waals surface area contributed by atoms with Crippen molar-refractivity contribution in [3.63, 3.8) is 0 Å². The van der Waals surface area contributed by atoms with Gasteiger partial charge in [0.05, 0.1) is 12.4 Å². The van der Waals surface area contributed by atoms with Gasteiger partial charge in [-0.2, -0.15) is 0 Å². The standard InChI is InChI=1S/C23H31N7O6/c1-13(20(32)29-17(23(35)36)7-8-19(25)31)28-22(34)18(9-14-5-3-2-4-6-14)30-21(33)16(24)10-15-11-26-12-27-15/h2-6,11-13,16-18H,7-10,24H2,1H3,(H2,25,31)(H,26,27)(H,28,34)(H,29,32)(H,30,33)(H,35,36). The van der Waals surface area contributed by atoms with Crippen LogP contribution in [0.5, 0.6) is 0 Å². The van der Waals surface area contributed by atoms with Gasteiger partial charge in [0.2, 0.25) is 23.6 Å². The summed E-state index contributed by atoms with van der Waals surface area (Å²) in [7, 11) is 0. The molecular weight excluding hydrogens is 470 g/mol. The molecule has 1 heterocycles. The minimum absolute atomic E-state index is 0.125. The molecule has 2 rings (SSSR count). The van der Waals surface area contributed by atoms with Crippen LogP contribution in [0.2, 0.25) is 0 Å². The quantitative estimate of drug-likeness (QED) is 0.158. The third-order valence-corrected chi connectivity index (χ3v) is 5.29. The number of hydrogen-bond acceptors (Lipinski definition) is 7. The number of hydrogen-bond donors (Lipinski definition) is 7. The lowest BCUT2D eigenvalue weighted by atomic mass is 10.0. The average Bonchev–Trinajstić information content (AvgIpc) is 3.34. The van der Waals surface area contributed by atoms with Gasteiger partial charge < -0.3 is 37.5 Å². The second kappa shape index (κ2) is 13.6. The number of nitrogens with zero attached hydrogens (tertiary/aromatic N) is 1. The topological polar surface area (TPSA) is 222 Å². The molecule has 4 amide bonds. The number of H-pyrrole nitrogens is 1. The fraction of sp³-hybridized carbons (Fsp3) is 0.391. The number of aromatic nitrogens is 2.